The normalized spacial score (nSPS) is 43.1. The van der Waals surface area contributed by atoms with Crippen molar-refractivity contribution in [3.8, 4) is 0 Å². The minimum absolute atomic E-state index is 0.174. The Hall–Kier alpha value is -2.76. The Balaban J connectivity index is 1.79. The van der Waals surface area contributed by atoms with Gasteiger partial charge in [-0.25, -0.2) is 4.79 Å². The van der Waals surface area contributed by atoms with Gasteiger partial charge in [0.05, 0.1) is 43.7 Å². The molecule has 0 aromatic carbocycles. The van der Waals surface area contributed by atoms with E-state index in [-0.39, 0.29) is 18.6 Å². The predicted molar refractivity (Wildman–Crippen MR) is 144 cm³/mol. The van der Waals surface area contributed by atoms with Crippen LogP contribution in [0.25, 0.3) is 0 Å². The zero-order chi connectivity index (χ0) is 31.2. The van der Waals surface area contributed by atoms with E-state index in [1.54, 1.807) is 47.6 Å². The number of methoxy groups -OCH3 is 1. The van der Waals surface area contributed by atoms with Gasteiger partial charge in [0, 0.05) is 39.6 Å². The van der Waals surface area contributed by atoms with Crippen LogP contribution in [0.15, 0.2) is 23.0 Å². The van der Waals surface area contributed by atoms with Crippen molar-refractivity contribution in [3.63, 3.8) is 0 Å². The number of carbonyl (C=O) groups excluding carboxylic acids is 4. The van der Waals surface area contributed by atoms with Crippen LogP contribution in [0.1, 0.15) is 73.0 Å². The first-order valence-corrected chi connectivity index (χ1v) is 14.6. The predicted octanol–water partition coefficient (Wildman–Crippen LogP) is 2.76. The van der Waals surface area contributed by atoms with E-state index in [1.165, 1.54) is 12.5 Å². The Morgan fingerprint density at radius 2 is 1.79 bits per heavy atom. The van der Waals surface area contributed by atoms with Crippen molar-refractivity contribution in [1.29, 1.82) is 0 Å². The summed E-state index contributed by atoms with van der Waals surface area (Å²) >= 11 is 0. The maximum Gasteiger partial charge on any atom is 0.335 e. The molecule has 2 bridgehead atoms. The third-order valence-electron chi connectivity index (χ3n) is 11.2. The number of aliphatic hydroxyl groups is 2. The van der Waals surface area contributed by atoms with E-state index in [2.05, 4.69) is 0 Å². The first-order valence-electron chi connectivity index (χ1n) is 14.6. The second-order valence-corrected chi connectivity index (χ2v) is 14.0. The Bertz CT molecular complexity index is 1270. The van der Waals surface area contributed by atoms with Gasteiger partial charge < -0.3 is 33.6 Å². The molecule has 11 heteroatoms. The van der Waals surface area contributed by atoms with Crippen molar-refractivity contribution in [2.75, 3.05) is 7.11 Å². The molecule has 0 radical (unpaired) electrons. The molecule has 3 saturated heterocycles. The van der Waals surface area contributed by atoms with E-state index in [4.69, 9.17) is 23.4 Å². The standard InChI is InChI=1S/C31H42O11/c1-14(2)26(36)41-21-23(35)28(4,5)22(20(34)27(37)38-8)30(7)17-11-29(6)24(16-9-10-39-13-16)40-18(32)12-31(29,42-25(21)30)15(3)19(17)33/h9-10,13-15,17,20-25,34-35H,11-12H2,1-8H3/t15-,17-,20-,21-,22-,23-,24-,25-,29-,30+,31-/m0/s1. The molecule has 4 heterocycles. The lowest BCUT2D eigenvalue weighted by Gasteiger charge is -2.60. The first kappa shape index (κ1) is 30.7. The summed E-state index contributed by atoms with van der Waals surface area (Å²) in [6.07, 6.45) is -3.55. The number of esters is 3. The highest BCUT2D eigenvalue weighted by Gasteiger charge is 2.78. The third-order valence-corrected chi connectivity index (χ3v) is 11.2. The average molecular weight is 591 g/mol. The molecule has 42 heavy (non-hydrogen) atoms. The van der Waals surface area contributed by atoms with Gasteiger partial charge in [0.2, 0.25) is 0 Å². The highest BCUT2D eigenvalue weighted by atomic mass is 16.6. The molecule has 2 aliphatic carbocycles. The van der Waals surface area contributed by atoms with E-state index in [1.807, 2.05) is 6.92 Å². The van der Waals surface area contributed by atoms with Crippen LogP contribution >= 0.6 is 0 Å². The smallest absolute Gasteiger partial charge is 0.335 e. The van der Waals surface area contributed by atoms with Gasteiger partial charge in [-0.2, -0.15) is 0 Å². The molecule has 11 nitrogen and oxygen atoms in total. The molecule has 2 N–H and O–H groups in total. The van der Waals surface area contributed by atoms with E-state index in [0.717, 1.165) is 7.11 Å². The monoisotopic (exact) mass is 590 g/mol. The molecule has 6 rings (SSSR count). The maximum absolute atomic E-state index is 14.5. The number of hydrogen-bond donors (Lipinski definition) is 2. The number of fused-ring (bicyclic) bond motifs is 1. The SMILES string of the molecule is COC(=O)[C@@H](O)[C@H]1C(C)(C)[C@@H](O)[C@H](OC(=O)C(C)C)[C@@H]2O[C@]34CC(=O)O[C@@H](c5ccoc5)[C@]3(C)C[C@@H](C(=O)[C@@H]4C)[C@@]21C. The van der Waals surface area contributed by atoms with Gasteiger partial charge in [-0.05, 0) is 12.5 Å². The zero-order valence-corrected chi connectivity index (χ0v) is 25.4. The molecule has 3 aliphatic heterocycles. The van der Waals surface area contributed by atoms with Crippen LogP contribution in [0.5, 0.6) is 0 Å². The van der Waals surface area contributed by atoms with Gasteiger partial charge in [-0.3, -0.25) is 14.4 Å². The minimum Gasteiger partial charge on any atom is -0.472 e. The summed E-state index contributed by atoms with van der Waals surface area (Å²) in [5.74, 6) is -5.54. The van der Waals surface area contributed by atoms with Crippen LogP contribution in [0.3, 0.4) is 0 Å². The highest BCUT2D eigenvalue weighted by Crippen LogP contribution is 2.71. The van der Waals surface area contributed by atoms with Gasteiger partial charge in [0.1, 0.15) is 18.0 Å². The number of ether oxygens (including phenoxy) is 4. The van der Waals surface area contributed by atoms with E-state index in [0.29, 0.717) is 5.56 Å². The summed E-state index contributed by atoms with van der Waals surface area (Å²) in [6, 6.07) is 1.70. The van der Waals surface area contributed by atoms with Crippen LogP contribution < -0.4 is 0 Å². The van der Waals surface area contributed by atoms with E-state index < -0.39 is 93.9 Å². The zero-order valence-electron chi connectivity index (χ0n) is 25.4. The number of rotatable bonds is 5. The molecule has 0 unspecified atom stereocenters. The highest BCUT2D eigenvalue weighted by molar-refractivity contribution is 5.89. The lowest BCUT2D eigenvalue weighted by molar-refractivity contribution is -0.301. The molecule has 0 amide bonds. The number of cyclic esters (lactones) is 1. The van der Waals surface area contributed by atoms with Crippen molar-refractivity contribution in [1.82, 2.24) is 0 Å². The second kappa shape index (κ2) is 9.89. The topological polar surface area (TPSA) is 159 Å². The minimum atomic E-state index is -1.74. The molecule has 11 atom stereocenters. The third kappa shape index (κ3) is 3.88. The largest absolute Gasteiger partial charge is 0.472 e. The lowest BCUT2D eigenvalue weighted by Crippen LogP contribution is -2.70. The average Bonchev–Trinajstić information content (AvgIpc) is 3.42. The van der Waals surface area contributed by atoms with E-state index >= 15 is 0 Å². The van der Waals surface area contributed by atoms with Crippen LogP contribution in [-0.4, -0.2) is 71.0 Å². The van der Waals surface area contributed by atoms with E-state index in [9.17, 15) is 29.4 Å². The van der Waals surface area contributed by atoms with Gasteiger partial charge in [0.25, 0.3) is 0 Å². The van der Waals surface area contributed by atoms with Crippen LogP contribution in [0, 0.1) is 39.9 Å². The summed E-state index contributed by atoms with van der Waals surface area (Å²) in [4.78, 5) is 53.7. The van der Waals surface area contributed by atoms with Crippen LogP contribution in [-0.2, 0) is 38.1 Å². The number of carbonyl (C=O) groups is 4. The second-order valence-electron chi connectivity index (χ2n) is 14.0. The molecule has 5 fully saturated rings. The Labute approximate surface area is 245 Å². The maximum atomic E-state index is 14.5. The number of Topliss-reactive ketones (excluding diaryl/α,β-unsaturated/α-hetero) is 1. The van der Waals surface area contributed by atoms with Crippen molar-refractivity contribution >= 4 is 23.7 Å². The molecular formula is C31H42O11. The Morgan fingerprint density at radius 1 is 1.12 bits per heavy atom. The summed E-state index contributed by atoms with van der Waals surface area (Å²) < 4.78 is 29.3. The summed E-state index contributed by atoms with van der Waals surface area (Å²) in [7, 11) is 1.15. The summed E-state index contributed by atoms with van der Waals surface area (Å²) in [5, 5.41) is 23.4. The fourth-order valence-electron chi connectivity index (χ4n) is 8.93. The van der Waals surface area contributed by atoms with Gasteiger partial charge >= 0.3 is 17.9 Å². The molecule has 1 aromatic heterocycles. The quantitative estimate of drug-likeness (QED) is 0.384. The van der Waals surface area contributed by atoms with Crippen molar-refractivity contribution in [3.05, 3.63) is 24.2 Å². The molecule has 5 aliphatic rings. The first-order chi connectivity index (χ1) is 19.5. The fourth-order valence-corrected chi connectivity index (χ4v) is 8.93. The van der Waals surface area contributed by atoms with Gasteiger partial charge in [-0.1, -0.05) is 48.5 Å². The molecule has 232 valence electrons. The fraction of sp³-hybridized carbons (Fsp3) is 0.742. The number of furan rings is 1. The lowest BCUT2D eigenvalue weighted by atomic mass is 9.43. The van der Waals surface area contributed by atoms with Crippen molar-refractivity contribution < 1.29 is 52.8 Å². The number of aliphatic hydroxyl groups excluding tert-OH is 2. The Kier molecular flexibility index (Phi) is 7.22. The van der Waals surface area contributed by atoms with Gasteiger partial charge in [-0.15, -0.1) is 0 Å². The number of ketones is 1. The van der Waals surface area contributed by atoms with Crippen LogP contribution in [0.4, 0.5) is 0 Å². The molecule has 1 spiro atoms. The summed E-state index contributed by atoms with van der Waals surface area (Å²) in [5.41, 5.74) is -4.44. The van der Waals surface area contributed by atoms with Gasteiger partial charge in [0.15, 0.2) is 12.2 Å². The number of hydrogen-bond acceptors (Lipinski definition) is 11. The molecule has 1 aromatic rings. The molecular weight excluding hydrogens is 548 g/mol. The Morgan fingerprint density at radius 3 is 2.36 bits per heavy atom. The molecule has 2 saturated carbocycles. The van der Waals surface area contributed by atoms with Crippen LogP contribution in [0.2, 0.25) is 0 Å². The summed E-state index contributed by atoms with van der Waals surface area (Å²) in [6.45, 7) is 12.1. The van der Waals surface area contributed by atoms with Crippen molar-refractivity contribution in [2.45, 2.75) is 97.4 Å². The van der Waals surface area contributed by atoms with Crippen molar-refractivity contribution in [2.24, 2.45) is 39.9 Å².